The number of hydrogen-bond acceptors (Lipinski definition) is 1. The van der Waals surface area contributed by atoms with Gasteiger partial charge in [-0.15, -0.1) is 0 Å². The molecule has 0 atom stereocenters. The van der Waals surface area contributed by atoms with Gasteiger partial charge in [0, 0.05) is 10.6 Å². The van der Waals surface area contributed by atoms with Crippen molar-refractivity contribution < 1.29 is 4.57 Å². The Morgan fingerprint density at radius 2 is 1.21 bits per heavy atom. The van der Waals surface area contributed by atoms with Crippen molar-refractivity contribution in [2.45, 2.75) is 26.7 Å². The fourth-order valence-electron chi connectivity index (χ4n) is 3.43. The molecule has 2 heteroatoms. The molecule has 0 unspecified atom stereocenters. The van der Waals surface area contributed by atoms with E-state index in [1.165, 1.54) is 5.57 Å². The molecule has 0 saturated heterocycles. The van der Waals surface area contributed by atoms with Crippen molar-refractivity contribution in [3.05, 3.63) is 114 Å². The fraction of sp³-hybridized carbons (Fsp3) is 0.154. The molecular formula is C26H27OP. The Bertz CT molecular complexity index is 943. The molecule has 0 aromatic heterocycles. The lowest BCUT2D eigenvalue weighted by Gasteiger charge is -2.19. The van der Waals surface area contributed by atoms with Crippen LogP contribution in [0.2, 0.25) is 0 Å². The van der Waals surface area contributed by atoms with Crippen LogP contribution in [0.4, 0.5) is 0 Å². The van der Waals surface area contributed by atoms with Gasteiger partial charge in [-0.3, -0.25) is 0 Å². The highest BCUT2D eigenvalue weighted by Gasteiger charge is 2.26. The summed E-state index contributed by atoms with van der Waals surface area (Å²) in [5.41, 5.74) is 3.41. The minimum Gasteiger partial charge on any atom is -0.309 e. The lowest BCUT2D eigenvalue weighted by molar-refractivity contribution is 0.592. The Labute approximate surface area is 168 Å². The molecule has 28 heavy (non-hydrogen) atoms. The molecule has 0 N–H and O–H groups in total. The van der Waals surface area contributed by atoms with E-state index in [0.717, 1.165) is 34.6 Å². The summed E-state index contributed by atoms with van der Waals surface area (Å²) in [5.74, 6) is 2.03. The molecule has 0 spiro atoms. The molecule has 3 aromatic carbocycles. The third-order valence-corrected chi connectivity index (χ3v) is 7.61. The van der Waals surface area contributed by atoms with E-state index in [4.69, 9.17) is 0 Å². The van der Waals surface area contributed by atoms with Crippen molar-refractivity contribution in [3.8, 4) is 0 Å². The molecule has 3 rings (SSSR count). The van der Waals surface area contributed by atoms with E-state index in [9.17, 15) is 4.57 Å². The van der Waals surface area contributed by atoms with Crippen molar-refractivity contribution in [2.75, 3.05) is 0 Å². The van der Waals surface area contributed by atoms with Crippen LogP contribution in [0.5, 0.6) is 0 Å². The summed E-state index contributed by atoms with van der Waals surface area (Å²) in [7, 11) is -2.94. The first kappa shape index (κ1) is 20.1. The molecule has 3 aromatic rings. The first-order chi connectivity index (χ1) is 13.7. The summed E-state index contributed by atoms with van der Waals surface area (Å²) in [6.07, 6.45) is 4.10. The van der Waals surface area contributed by atoms with Crippen LogP contribution in [0.3, 0.4) is 0 Å². The molecule has 0 amide bonds. The average Bonchev–Trinajstić information content (AvgIpc) is 2.78. The Morgan fingerprint density at radius 1 is 0.750 bits per heavy atom. The van der Waals surface area contributed by atoms with E-state index >= 15 is 0 Å². The average molecular weight is 386 g/mol. The van der Waals surface area contributed by atoms with Crippen molar-refractivity contribution in [2.24, 2.45) is 0 Å². The number of hydrogen-bond donors (Lipinski definition) is 0. The van der Waals surface area contributed by atoms with Gasteiger partial charge in [-0.25, -0.2) is 0 Å². The van der Waals surface area contributed by atoms with Crippen LogP contribution in [-0.4, -0.2) is 0 Å². The van der Waals surface area contributed by atoms with Gasteiger partial charge in [-0.1, -0.05) is 111 Å². The summed E-state index contributed by atoms with van der Waals surface area (Å²) in [6.45, 7) is 4.31. The maximum absolute atomic E-state index is 14.5. The maximum Gasteiger partial charge on any atom is 0.164 e. The van der Waals surface area contributed by atoms with Gasteiger partial charge < -0.3 is 4.57 Å². The standard InChI is InChI=1S/C26H27OP/c1-3-14-22(4-2)26(23-15-8-5-9-16-23)21-28(27,24-17-10-6-11-18-24)25-19-12-7-13-20-25/h5-21H,3-4H2,1-2H3. The molecule has 0 saturated carbocycles. The second-order valence-electron chi connectivity index (χ2n) is 6.73. The Hall–Kier alpha value is -2.63. The molecule has 142 valence electrons. The summed E-state index contributed by atoms with van der Waals surface area (Å²) >= 11 is 0. The Balaban J connectivity index is 2.29. The van der Waals surface area contributed by atoms with Gasteiger partial charge >= 0.3 is 0 Å². The highest BCUT2D eigenvalue weighted by molar-refractivity contribution is 7.81. The minimum atomic E-state index is -2.94. The summed E-state index contributed by atoms with van der Waals surface area (Å²) in [6, 6.07) is 30.0. The summed E-state index contributed by atoms with van der Waals surface area (Å²) < 4.78 is 14.5. The lowest BCUT2D eigenvalue weighted by atomic mass is 9.97. The zero-order valence-corrected chi connectivity index (χ0v) is 17.5. The largest absolute Gasteiger partial charge is 0.309 e. The van der Waals surface area contributed by atoms with Gasteiger partial charge in [0.2, 0.25) is 0 Å². The third kappa shape index (κ3) is 4.43. The van der Waals surface area contributed by atoms with Crippen LogP contribution in [-0.2, 0) is 4.57 Å². The van der Waals surface area contributed by atoms with E-state index in [2.05, 4.69) is 32.1 Å². The van der Waals surface area contributed by atoms with Gasteiger partial charge in [-0.05, 0) is 35.4 Å². The number of rotatable bonds is 7. The van der Waals surface area contributed by atoms with E-state index in [1.54, 1.807) is 0 Å². The molecule has 0 aliphatic rings. The normalized spacial score (nSPS) is 12.8. The van der Waals surface area contributed by atoms with E-state index in [1.807, 2.05) is 84.7 Å². The predicted octanol–water partition coefficient (Wildman–Crippen LogP) is 6.79. The molecule has 1 nitrogen and oxygen atoms in total. The molecule has 0 heterocycles. The third-order valence-electron chi connectivity index (χ3n) is 4.85. The van der Waals surface area contributed by atoms with Crippen molar-refractivity contribution >= 4 is 23.3 Å². The first-order valence-corrected chi connectivity index (χ1v) is 11.6. The summed E-state index contributed by atoms with van der Waals surface area (Å²) in [5, 5.41) is 1.73. The van der Waals surface area contributed by atoms with Gasteiger partial charge in [-0.2, -0.15) is 0 Å². The van der Waals surface area contributed by atoms with Crippen LogP contribution < -0.4 is 10.6 Å². The second kappa shape index (κ2) is 9.53. The smallest absolute Gasteiger partial charge is 0.164 e. The summed E-state index contributed by atoms with van der Waals surface area (Å²) in [4.78, 5) is 0. The highest BCUT2D eigenvalue weighted by atomic mass is 31.2. The lowest BCUT2D eigenvalue weighted by Crippen LogP contribution is -2.14. The zero-order valence-electron chi connectivity index (χ0n) is 16.6. The fourth-order valence-corrected chi connectivity index (χ4v) is 5.94. The van der Waals surface area contributed by atoms with Crippen LogP contribution in [0, 0.1) is 0 Å². The van der Waals surface area contributed by atoms with Gasteiger partial charge in [0.25, 0.3) is 0 Å². The van der Waals surface area contributed by atoms with E-state index in [-0.39, 0.29) is 0 Å². The van der Waals surface area contributed by atoms with Crippen LogP contribution in [0.1, 0.15) is 32.3 Å². The Kier molecular flexibility index (Phi) is 6.85. The van der Waals surface area contributed by atoms with Crippen molar-refractivity contribution in [1.82, 2.24) is 0 Å². The minimum absolute atomic E-state index is 0.863. The van der Waals surface area contributed by atoms with E-state index < -0.39 is 7.14 Å². The Morgan fingerprint density at radius 3 is 1.64 bits per heavy atom. The SMILES string of the molecule is CCC=C(CC)C(=CP(=O)(c1ccccc1)c1ccccc1)c1ccccc1. The zero-order chi connectivity index (χ0) is 19.8. The quantitative estimate of drug-likeness (QED) is 0.323. The van der Waals surface area contributed by atoms with Crippen LogP contribution >= 0.6 is 7.14 Å². The first-order valence-electron chi connectivity index (χ1n) is 9.87. The number of allylic oxidation sites excluding steroid dienone is 3. The van der Waals surface area contributed by atoms with Crippen molar-refractivity contribution in [3.63, 3.8) is 0 Å². The molecule has 0 radical (unpaired) electrons. The van der Waals surface area contributed by atoms with Gasteiger partial charge in [0.1, 0.15) is 0 Å². The monoisotopic (exact) mass is 386 g/mol. The molecule has 0 aliphatic heterocycles. The topological polar surface area (TPSA) is 17.1 Å². The van der Waals surface area contributed by atoms with Crippen LogP contribution in [0.25, 0.3) is 5.57 Å². The van der Waals surface area contributed by atoms with Gasteiger partial charge in [0.05, 0.1) is 0 Å². The van der Waals surface area contributed by atoms with Crippen molar-refractivity contribution in [1.29, 1.82) is 0 Å². The molecular weight excluding hydrogens is 359 g/mol. The number of benzene rings is 3. The highest BCUT2D eigenvalue weighted by Crippen LogP contribution is 2.48. The second-order valence-corrected chi connectivity index (χ2v) is 9.34. The van der Waals surface area contributed by atoms with E-state index in [0.29, 0.717) is 0 Å². The van der Waals surface area contributed by atoms with Gasteiger partial charge in [0.15, 0.2) is 7.14 Å². The van der Waals surface area contributed by atoms with Crippen LogP contribution in [0.15, 0.2) is 108 Å². The molecule has 0 bridgehead atoms. The molecule has 0 aliphatic carbocycles. The predicted molar refractivity (Wildman–Crippen MR) is 123 cm³/mol. The molecule has 0 fully saturated rings. The maximum atomic E-state index is 14.5.